The number of benzene rings is 1. The van der Waals surface area contributed by atoms with Gasteiger partial charge in [-0.15, -0.1) is 0 Å². The summed E-state index contributed by atoms with van der Waals surface area (Å²) in [5.41, 5.74) is 1.37. The molecule has 17 heavy (non-hydrogen) atoms. The fourth-order valence-electron chi connectivity index (χ4n) is 2.87. The van der Waals surface area contributed by atoms with Crippen LogP contribution in [-0.4, -0.2) is 14.2 Å². The van der Waals surface area contributed by atoms with Gasteiger partial charge in [-0.25, -0.2) is 0 Å². The molecule has 0 aromatic heterocycles. The smallest absolute Gasteiger partial charge is 0.160 e. The Bertz CT molecular complexity index is 367. The van der Waals surface area contributed by atoms with E-state index in [0.717, 1.165) is 17.4 Å². The molecule has 1 aromatic rings. The molecule has 1 aliphatic carbocycles. The molecular formula is C15H22O2. The maximum Gasteiger partial charge on any atom is 0.160 e. The second-order valence-corrected chi connectivity index (χ2v) is 4.95. The maximum atomic E-state index is 5.36. The van der Waals surface area contributed by atoms with Gasteiger partial charge in [-0.1, -0.05) is 25.8 Å². The minimum atomic E-state index is 0.623. The van der Waals surface area contributed by atoms with Crippen molar-refractivity contribution >= 4 is 0 Å². The average molecular weight is 234 g/mol. The van der Waals surface area contributed by atoms with Crippen LogP contribution in [0.2, 0.25) is 0 Å². The molecule has 0 bridgehead atoms. The molecular weight excluding hydrogens is 212 g/mol. The highest BCUT2D eigenvalue weighted by atomic mass is 16.5. The number of ether oxygens (including phenoxy) is 2. The van der Waals surface area contributed by atoms with E-state index in [1.807, 2.05) is 6.07 Å². The fraction of sp³-hybridized carbons (Fsp3) is 0.600. The maximum absolute atomic E-state index is 5.36. The molecule has 2 nitrogen and oxygen atoms in total. The van der Waals surface area contributed by atoms with Crippen LogP contribution in [0.25, 0.3) is 0 Å². The zero-order chi connectivity index (χ0) is 12.3. The molecule has 1 unspecified atom stereocenters. The molecule has 0 N–H and O–H groups in total. The van der Waals surface area contributed by atoms with Crippen molar-refractivity contribution in [1.82, 2.24) is 0 Å². The SMILES string of the molecule is COc1ccc(C(C)C2CCCC2)cc1OC. The Labute approximate surface area is 104 Å². The normalized spacial score (nSPS) is 18.1. The second kappa shape index (κ2) is 5.44. The topological polar surface area (TPSA) is 18.5 Å². The van der Waals surface area contributed by atoms with Crippen LogP contribution in [0.4, 0.5) is 0 Å². The third kappa shape index (κ3) is 2.56. The third-order valence-electron chi connectivity index (χ3n) is 4.04. The Kier molecular flexibility index (Phi) is 3.93. The zero-order valence-electron chi connectivity index (χ0n) is 11.0. The summed E-state index contributed by atoms with van der Waals surface area (Å²) in [6.45, 7) is 2.33. The average Bonchev–Trinajstić information content (AvgIpc) is 2.90. The molecule has 94 valence electrons. The fourth-order valence-corrected chi connectivity index (χ4v) is 2.87. The Morgan fingerprint density at radius 3 is 2.29 bits per heavy atom. The summed E-state index contributed by atoms with van der Waals surface area (Å²) in [6.07, 6.45) is 5.52. The van der Waals surface area contributed by atoms with Gasteiger partial charge in [0.05, 0.1) is 14.2 Å². The summed E-state index contributed by atoms with van der Waals surface area (Å²) < 4.78 is 10.6. The molecule has 1 fully saturated rings. The van der Waals surface area contributed by atoms with Gasteiger partial charge in [-0.05, 0) is 42.4 Å². The first-order chi connectivity index (χ1) is 8.26. The van der Waals surface area contributed by atoms with Gasteiger partial charge in [0.2, 0.25) is 0 Å². The van der Waals surface area contributed by atoms with E-state index in [0.29, 0.717) is 5.92 Å². The van der Waals surface area contributed by atoms with Gasteiger partial charge in [-0.3, -0.25) is 0 Å². The molecule has 2 heteroatoms. The van der Waals surface area contributed by atoms with E-state index < -0.39 is 0 Å². The molecule has 0 spiro atoms. The Morgan fingerprint density at radius 1 is 1.06 bits per heavy atom. The monoisotopic (exact) mass is 234 g/mol. The van der Waals surface area contributed by atoms with Crippen molar-refractivity contribution in [3.05, 3.63) is 23.8 Å². The highest BCUT2D eigenvalue weighted by molar-refractivity contribution is 5.43. The molecule has 2 rings (SSSR count). The third-order valence-corrected chi connectivity index (χ3v) is 4.04. The molecule has 1 aromatic carbocycles. The lowest BCUT2D eigenvalue weighted by Gasteiger charge is -2.20. The molecule has 1 atom stereocenters. The largest absolute Gasteiger partial charge is 0.493 e. The zero-order valence-corrected chi connectivity index (χ0v) is 11.0. The van der Waals surface area contributed by atoms with Crippen LogP contribution in [0.3, 0.4) is 0 Å². The minimum Gasteiger partial charge on any atom is -0.493 e. The number of methoxy groups -OCH3 is 2. The van der Waals surface area contributed by atoms with E-state index >= 15 is 0 Å². The number of hydrogen-bond acceptors (Lipinski definition) is 2. The van der Waals surface area contributed by atoms with Gasteiger partial charge in [0.25, 0.3) is 0 Å². The first-order valence-corrected chi connectivity index (χ1v) is 6.48. The summed E-state index contributed by atoms with van der Waals surface area (Å²) in [5.74, 6) is 3.12. The van der Waals surface area contributed by atoms with Gasteiger partial charge >= 0.3 is 0 Å². The lowest BCUT2D eigenvalue weighted by atomic mass is 9.86. The van der Waals surface area contributed by atoms with Gasteiger partial charge in [0, 0.05) is 0 Å². The first-order valence-electron chi connectivity index (χ1n) is 6.48. The van der Waals surface area contributed by atoms with Gasteiger partial charge in [0.1, 0.15) is 0 Å². The van der Waals surface area contributed by atoms with Crippen molar-refractivity contribution in [3.63, 3.8) is 0 Å². The number of rotatable bonds is 4. The summed E-state index contributed by atoms with van der Waals surface area (Å²) in [6, 6.07) is 6.31. The molecule has 1 saturated carbocycles. The molecule has 0 amide bonds. The number of hydrogen-bond donors (Lipinski definition) is 0. The van der Waals surface area contributed by atoms with Gasteiger partial charge in [0.15, 0.2) is 11.5 Å². The van der Waals surface area contributed by atoms with Crippen molar-refractivity contribution in [3.8, 4) is 11.5 Å². The molecule has 0 aliphatic heterocycles. The van der Waals surface area contributed by atoms with E-state index in [9.17, 15) is 0 Å². The molecule has 0 heterocycles. The van der Waals surface area contributed by atoms with Crippen molar-refractivity contribution in [2.75, 3.05) is 14.2 Å². The lowest BCUT2D eigenvalue weighted by molar-refractivity contribution is 0.353. The molecule has 0 radical (unpaired) electrons. The van der Waals surface area contributed by atoms with Crippen molar-refractivity contribution < 1.29 is 9.47 Å². The highest BCUT2D eigenvalue weighted by Gasteiger charge is 2.23. The predicted molar refractivity (Wildman–Crippen MR) is 69.9 cm³/mol. The predicted octanol–water partition coefficient (Wildman–Crippen LogP) is 4.00. The highest BCUT2D eigenvalue weighted by Crippen LogP contribution is 2.39. The minimum absolute atomic E-state index is 0.623. The first kappa shape index (κ1) is 12.3. The van der Waals surface area contributed by atoms with Crippen molar-refractivity contribution in [1.29, 1.82) is 0 Å². The van der Waals surface area contributed by atoms with Crippen LogP contribution in [0.15, 0.2) is 18.2 Å². The van der Waals surface area contributed by atoms with Crippen molar-refractivity contribution in [2.45, 2.75) is 38.5 Å². The summed E-state index contributed by atoms with van der Waals surface area (Å²) in [4.78, 5) is 0. The van der Waals surface area contributed by atoms with E-state index in [-0.39, 0.29) is 0 Å². The van der Waals surface area contributed by atoms with Crippen LogP contribution in [0.5, 0.6) is 11.5 Å². The van der Waals surface area contributed by atoms with Crippen LogP contribution in [0.1, 0.15) is 44.1 Å². The van der Waals surface area contributed by atoms with E-state index in [2.05, 4.69) is 19.1 Å². The van der Waals surface area contributed by atoms with Crippen molar-refractivity contribution in [2.24, 2.45) is 5.92 Å². The van der Waals surface area contributed by atoms with Gasteiger partial charge in [-0.2, -0.15) is 0 Å². The summed E-state index contributed by atoms with van der Waals surface area (Å²) in [7, 11) is 3.37. The molecule has 1 aliphatic rings. The van der Waals surface area contributed by atoms with Crippen LogP contribution >= 0.6 is 0 Å². The summed E-state index contributed by atoms with van der Waals surface area (Å²) >= 11 is 0. The van der Waals surface area contributed by atoms with Gasteiger partial charge < -0.3 is 9.47 Å². The Hall–Kier alpha value is -1.18. The lowest BCUT2D eigenvalue weighted by Crippen LogP contribution is -2.06. The standard InChI is InChI=1S/C15H22O2/c1-11(12-6-4-5-7-12)13-8-9-14(16-2)15(10-13)17-3/h8-12H,4-7H2,1-3H3. The van der Waals surface area contributed by atoms with Crippen LogP contribution in [0, 0.1) is 5.92 Å². The van der Waals surface area contributed by atoms with E-state index in [1.165, 1.54) is 31.2 Å². The Morgan fingerprint density at radius 2 is 1.71 bits per heavy atom. The summed E-state index contributed by atoms with van der Waals surface area (Å²) in [5, 5.41) is 0. The Balaban J connectivity index is 2.20. The van der Waals surface area contributed by atoms with E-state index in [1.54, 1.807) is 14.2 Å². The van der Waals surface area contributed by atoms with Crippen LogP contribution < -0.4 is 9.47 Å². The second-order valence-electron chi connectivity index (χ2n) is 4.95. The quantitative estimate of drug-likeness (QED) is 0.784. The van der Waals surface area contributed by atoms with Crippen LogP contribution in [-0.2, 0) is 0 Å². The van der Waals surface area contributed by atoms with E-state index in [4.69, 9.17) is 9.47 Å². The molecule has 0 saturated heterocycles.